The van der Waals surface area contributed by atoms with Crippen molar-refractivity contribution in [2.24, 2.45) is 5.73 Å². The van der Waals surface area contributed by atoms with Crippen molar-refractivity contribution in [3.8, 4) is 16.3 Å². The molecule has 1 aromatic carbocycles. The van der Waals surface area contributed by atoms with Gasteiger partial charge in [0.1, 0.15) is 16.5 Å². The van der Waals surface area contributed by atoms with Gasteiger partial charge in [-0.2, -0.15) is 0 Å². The number of nitrogens with zero attached hydrogens (tertiary/aromatic N) is 2. The SMILES string of the molecule is CCCOc1ccc(-c2nc(C(=O)N(C)C(C)CN)cs2)cc1.Cl. The standard InChI is InChI=1S/C17H23N3O2S.ClH/c1-4-9-22-14-7-5-13(6-8-14)16-19-15(11-23-16)17(21)20(3)12(2)10-18;/h5-8,11-12H,4,9-10,18H2,1-3H3;1H. The molecule has 1 amide bonds. The van der Waals surface area contributed by atoms with Gasteiger partial charge in [0.15, 0.2) is 0 Å². The quantitative estimate of drug-likeness (QED) is 0.811. The molecule has 1 atom stereocenters. The monoisotopic (exact) mass is 369 g/mol. The molecule has 5 nitrogen and oxygen atoms in total. The Kier molecular flexibility index (Phi) is 8.18. The third-order valence-corrected chi connectivity index (χ3v) is 4.51. The number of halogens is 1. The van der Waals surface area contributed by atoms with Gasteiger partial charge in [0.25, 0.3) is 5.91 Å². The number of nitrogens with two attached hydrogens (primary N) is 1. The fraction of sp³-hybridized carbons (Fsp3) is 0.412. The number of benzene rings is 1. The molecule has 0 saturated heterocycles. The van der Waals surface area contributed by atoms with Gasteiger partial charge in [0, 0.05) is 30.6 Å². The Balaban J connectivity index is 0.00000288. The molecule has 1 aromatic heterocycles. The second-order valence-electron chi connectivity index (χ2n) is 5.41. The van der Waals surface area contributed by atoms with Crippen molar-refractivity contribution < 1.29 is 9.53 Å². The molecular weight excluding hydrogens is 346 g/mol. The molecule has 0 aliphatic rings. The van der Waals surface area contributed by atoms with Gasteiger partial charge in [0.2, 0.25) is 0 Å². The van der Waals surface area contributed by atoms with E-state index in [1.54, 1.807) is 17.3 Å². The van der Waals surface area contributed by atoms with Crippen molar-refractivity contribution in [3.63, 3.8) is 0 Å². The Hall–Kier alpha value is -1.63. The van der Waals surface area contributed by atoms with Gasteiger partial charge in [-0.25, -0.2) is 4.98 Å². The summed E-state index contributed by atoms with van der Waals surface area (Å²) in [6.45, 7) is 5.13. The van der Waals surface area contributed by atoms with Crippen LogP contribution in [0.15, 0.2) is 29.6 Å². The van der Waals surface area contributed by atoms with Crippen LogP contribution >= 0.6 is 23.7 Å². The highest BCUT2D eigenvalue weighted by Crippen LogP contribution is 2.26. The Labute approximate surface area is 153 Å². The summed E-state index contributed by atoms with van der Waals surface area (Å²) in [6, 6.07) is 7.77. The predicted octanol–water partition coefficient (Wildman–Crippen LogP) is 3.44. The molecule has 0 aliphatic heterocycles. The average Bonchev–Trinajstić information content (AvgIpc) is 3.08. The molecule has 132 valence electrons. The lowest BCUT2D eigenvalue weighted by Crippen LogP contribution is -2.39. The molecule has 7 heteroatoms. The lowest BCUT2D eigenvalue weighted by molar-refractivity contribution is 0.0743. The van der Waals surface area contributed by atoms with Crippen molar-refractivity contribution in [1.29, 1.82) is 0 Å². The first-order valence-electron chi connectivity index (χ1n) is 7.72. The van der Waals surface area contributed by atoms with Gasteiger partial charge >= 0.3 is 0 Å². The van der Waals surface area contributed by atoms with Crippen LogP contribution in [0.2, 0.25) is 0 Å². The van der Waals surface area contributed by atoms with Crippen LogP contribution in [0.25, 0.3) is 10.6 Å². The second-order valence-corrected chi connectivity index (χ2v) is 6.27. The number of hydrogen-bond acceptors (Lipinski definition) is 5. The Bertz CT molecular complexity index is 646. The van der Waals surface area contributed by atoms with E-state index < -0.39 is 0 Å². The van der Waals surface area contributed by atoms with E-state index >= 15 is 0 Å². The van der Waals surface area contributed by atoms with Crippen LogP contribution in [-0.4, -0.2) is 42.0 Å². The van der Waals surface area contributed by atoms with Crippen LogP contribution in [0.4, 0.5) is 0 Å². The summed E-state index contributed by atoms with van der Waals surface area (Å²) in [4.78, 5) is 18.4. The summed E-state index contributed by atoms with van der Waals surface area (Å²) in [7, 11) is 1.75. The van der Waals surface area contributed by atoms with E-state index in [1.807, 2.05) is 31.2 Å². The Morgan fingerprint density at radius 2 is 2.04 bits per heavy atom. The number of carbonyl (C=O) groups is 1. The van der Waals surface area contributed by atoms with Crippen molar-refractivity contribution in [2.75, 3.05) is 20.2 Å². The maximum absolute atomic E-state index is 12.4. The Morgan fingerprint density at radius 3 is 2.62 bits per heavy atom. The fourth-order valence-electron chi connectivity index (χ4n) is 1.96. The highest BCUT2D eigenvalue weighted by molar-refractivity contribution is 7.13. The molecule has 2 aromatic rings. The molecular formula is C17H24ClN3O2S. The first-order chi connectivity index (χ1) is 11.1. The van der Waals surface area contributed by atoms with Crippen LogP contribution in [0.5, 0.6) is 5.75 Å². The summed E-state index contributed by atoms with van der Waals surface area (Å²) in [5, 5.41) is 2.61. The van der Waals surface area contributed by atoms with Gasteiger partial charge in [-0.3, -0.25) is 4.79 Å². The van der Waals surface area contributed by atoms with E-state index in [0.717, 1.165) is 22.7 Å². The van der Waals surface area contributed by atoms with Gasteiger partial charge in [-0.15, -0.1) is 23.7 Å². The van der Waals surface area contributed by atoms with Crippen molar-refractivity contribution in [3.05, 3.63) is 35.3 Å². The van der Waals surface area contributed by atoms with E-state index in [2.05, 4.69) is 11.9 Å². The van der Waals surface area contributed by atoms with Crippen molar-refractivity contribution in [2.45, 2.75) is 26.3 Å². The molecule has 1 unspecified atom stereocenters. The van der Waals surface area contributed by atoms with E-state index in [9.17, 15) is 4.79 Å². The van der Waals surface area contributed by atoms with Crippen LogP contribution in [0, 0.1) is 0 Å². The number of thiazole rings is 1. The molecule has 0 radical (unpaired) electrons. The van der Waals surface area contributed by atoms with Crippen LogP contribution in [-0.2, 0) is 0 Å². The fourth-order valence-corrected chi connectivity index (χ4v) is 2.76. The van der Waals surface area contributed by atoms with Crippen LogP contribution < -0.4 is 10.5 Å². The minimum atomic E-state index is -0.103. The lowest BCUT2D eigenvalue weighted by atomic mass is 10.2. The largest absolute Gasteiger partial charge is 0.494 e. The molecule has 2 rings (SSSR count). The smallest absolute Gasteiger partial charge is 0.273 e. The Morgan fingerprint density at radius 1 is 1.38 bits per heavy atom. The van der Waals surface area contributed by atoms with E-state index in [1.165, 1.54) is 11.3 Å². The number of rotatable bonds is 7. The summed E-state index contributed by atoms with van der Waals surface area (Å²) in [5.74, 6) is 0.744. The number of likely N-dealkylation sites (N-methyl/N-ethyl adjacent to an activating group) is 1. The summed E-state index contributed by atoms with van der Waals surface area (Å²) in [6.07, 6.45) is 0.981. The maximum atomic E-state index is 12.4. The first-order valence-corrected chi connectivity index (χ1v) is 8.60. The van der Waals surface area contributed by atoms with Gasteiger partial charge < -0.3 is 15.4 Å². The summed E-state index contributed by atoms with van der Waals surface area (Å²) < 4.78 is 5.57. The zero-order chi connectivity index (χ0) is 16.8. The molecule has 0 bridgehead atoms. The zero-order valence-corrected chi connectivity index (χ0v) is 15.8. The number of aromatic nitrogens is 1. The second kappa shape index (κ2) is 9.61. The number of ether oxygens (including phenoxy) is 1. The van der Waals surface area contributed by atoms with Crippen LogP contribution in [0.1, 0.15) is 30.8 Å². The van der Waals surface area contributed by atoms with Crippen molar-refractivity contribution >= 4 is 29.7 Å². The van der Waals surface area contributed by atoms with Gasteiger partial charge in [-0.05, 0) is 37.6 Å². The van der Waals surface area contributed by atoms with Crippen LogP contribution in [0.3, 0.4) is 0 Å². The highest BCUT2D eigenvalue weighted by Gasteiger charge is 2.19. The zero-order valence-electron chi connectivity index (χ0n) is 14.2. The van der Waals surface area contributed by atoms with Crippen molar-refractivity contribution in [1.82, 2.24) is 9.88 Å². The molecule has 24 heavy (non-hydrogen) atoms. The number of carbonyl (C=O) groups excluding carboxylic acids is 1. The molecule has 0 spiro atoms. The van der Waals surface area contributed by atoms with E-state index in [4.69, 9.17) is 10.5 Å². The minimum absolute atomic E-state index is 0. The topological polar surface area (TPSA) is 68.5 Å². The molecule has 0 fully saturated rings. The number of amides is 1. The minimum Gasteiger partial charge on any atom is -0.494 e. The van der Waals surface area contributed by atoms with Gasteiger partial charge in [0.05, 0.1) is 6.61 Å². The lowest BCUT2D eigenvalue weighted by Gasteiger charge is -2.22. The third-order valence-electron chi connectivity index (χ3n) is 3.62. The molecule has 2 N–H and O–H groups in total. The third kappa shape index (κ3) is 4.93. The molecule has 0 saturated carbocycles. The summed E-state index contributed by atoms with van der Waals surface area (Å²) in [5.41, 5.74) is 7.05. The maximum Gasteiger partial charge on any atom is 0.273 e. The molecule has 1 heterocycles. The highest BCUT2D eigenvalue weighted by atomic mass is 35.5. The van der Waals surface area contributed by atoms with Gasteiger partial charge in [-0.1, -0.05) is 6.92 Å². The first kappa shape index (κ1) is 20.4. The summed E-state index contributed by atoms with van der Waals surface area (Å²) >= 11 is 1.46. The predicted molar refractivity (Wildman–Crippen MR) is 101 cm³/mol. The average molecular weight is 370 g/mol. The normalized spacial score (nSPS) is 11.5. The van der Waals surface area contributed by atoms with E-state index in [-0.39, 0.29) is 24.4 Å². The van der Waals surface area contributed by atoms with E-state index in [0.29, 0.717) is 18.8 Å². The number of hydrogen-bond donors (Lipinski definition) is 1. The molecule has 0 aliphatic carbocycles.